The first-order valence-corrected chi connectivity index (χ1v) is 8.89. The molecule has 0 radical (unpaired) electrons. The maximum atomic E-state index is 12.1. The van der Waals surface area contributed by atoms with E-state index in [9.17, 15) is 4.79 Å². The van der Waals surface area contributed by atoms with E-state index in [1.165, 1.54) is 19.3 Å². The summed E-state index contributed by atoms with van der Waals surface area (Å²) in [6.45, 7) is 4.40. The Morgan fingerprint density at radius 3 is 2.75 bits per heavy atom. The number of benzene rings is 1. The van der Waals surface area contributed by atoms with E-state index < -0.39 is 5.54 Å². The Labute approximate surface area is 144 Å². The molecular formula is C19H30N2O3. The van der Waals surface area contributed by atoms with Crippen LogP contribution in [0, 0.1) is 0 Å². The summed E-state index contributed by atoms with van der Waals surface area (Å²) in [4.78, 5) is 12.1. The summed E-state index contributed by atoms with van der Waals surface area (Å²) >= 11 is 0. The molecular weight excluding hydrogens is 304 g/mol. The van der Waals surface area contributed by atoms with Crippen molar-refractivity contribution in [3.05, 3.63) is 29.8 Å². The molecule has 0 spiro atoms. The van der Waals surface area contributed by atoms with Gasteiger partial charge < -0.3 is 20.5 Å². The third-order valence-corrected chi connectivity index (χ3v) is 4.41. The molecule has 5 heteroatoms. The molecule has 3 N–H and O–H groups in total. The lowest BCUT2D eigenvalue weighted by Crippen LogP contribution is -2.46. The van der Waals surface area contributed by atoms with Crippen molar-refractivity contribution in [1.29, 1.82) is 0 Å². The van der Waals surface area contributed by atoms with Gasteiger partial charge in [-0.3, -0.25) is 0 Å². The maximum Gasteiger partial charge on any atom is 0.319 e. The average Bonchev–Trinajstić information content (AvgIpc) is 2.53. The number of amides is 2. The van der Waals surface area contributed by atoms with Crippen molar-refractivity contribution in [2.45, 2.75) is 70.6 Å². The van der Waals surface area contributed by atoms with Crippen molar-refractivity contribution in [3.8, 4) is 0 Å². The topological polar surface area (TPSA) is 70.6 Å². The van der Waals surface area contributed by atoms with Gasteiger partial charge in [0.15, 0.2) is 0 Å². The summed E-state index contributed by atoms with van der Waals surface area (Å²) < 4.78 is 5.99. The number of nitrogens with one attached hydrogen (secondary N) is 2. The molecule has 134 valence electrons. The van der Waals surface area contributed by atoms with Crippen molar-refractivity contribution >= 4 is 11.7 Å². The molecule has 5 nitrogen and oxygen atoms in total. The molecule has 0 aliphatic heterocycles. The maximum absolute atomic E-state index is 12.1. The predicted octanol–water partition coefficient (Wildman–Crippen LogP) is 3.82. The molecule has 0 bridgehead atoms. The predicted molar refractivity (Wildman–Crippen MR) is 96.0 cm³/mol. The number of hydrogen-bond acceptors (Lipinski definition) is 3. The molecule has 0 heterocycles. The van der Waals surface area contributed by atoms with Gasteiger partial charge in [0.05, 0.1) is 12.7 Å². The first-order chi connectivity index (χ1) is 11.5. The van der Waals surface area contributed by atoms with Gasteiger partial charge >= 0.3 is 6.03 Å². The zero-order chi connectivity index (χ0) is 17.4. The Balaban J connectivity index is 1.84. The van der Waals surface area contributed by atoms with E-state index in [1.54, 1.807) is 0 Å². The van der Waals surface area contributed by atoms with Crippen LogP contribution < -0.4 is 10.6 Å². The number of rotatable bonds is 7. The SMILES string of the molecule is CC(C)(CCO)NC(=O)Nc1cccc(COC2CCCCC2)c1. The molecule has 24 heavy (non-hydrogen) atoms. The second kappa shape index (κ2) is 9.04. The van der Waals surface area contributed by atoms with Crippen LogP contribution in [-0.4, -0.2) is 29.4 Å². The average molecular weight is 334 g/mol. The quantitative estimate of drug-likeness (QED) is 0.710. The normalized spacial score (nSPS) is 16.0. The highest BCUT2D eigenvalue weighted by molar-refractivity contribution is 5.89. The van der Waals surface area contributed by atoms with Gasteiger partial charge in [-0.1, -0.05) is 31.4 Å². The number of ether oxygens (including phenoxy) is 1. The minimum atomic E-state index is -0.444. The largest absolute Gasteiger partial charge is 0.396 e. The van der Waals surface area contributed by atoms with Crippen molar-refractivity contribution in [1.82, 2.24) is 5.32 Å². The molecule has 1 aromatic carbocycles. The summed E-state index contributed by atoms with van der Waals surface area (Å²) in [7, 11) is 0. The van der Waals surface area contributed by atoms with Gasteiger partial charge in [0.25, 0.3) is 0 Å². The smallest absolute Gasteiger partial charge is 0.319 e. The van der Waals surface area contributed by atoms with Crippen LogP contribution in [0.2, 0.25) is 0 Å². The Morgan fingerprint density at radius 1 is 1.29 bits per heavy atom. The highest BCUT2D eigenvalue weighted by atomic mass is 16.5. The van der Waals surface area contributed by atoms with Gasteiger partial charge in [0.1, 0.15) is 0 Å². The van der Waals surface area contributed by atoms with Gasteiger partial charge in [-0.15, -0.1) is 0 Å². The standard InChI is InChI=1S/C19H30N2O3/c1-19(2,11-12-22)21-18(23)20-16-8-6-7-15(13-16)14-24-17-9-4-3-5-10-17/h6-8,13,17,22H,3-5,9-12,14H2,1-2H3,(H2,20,21,23). The number of aliphatic hydroxyl groups is 1. The molecule has 0 unspecified atom stereocenters. The van der Waals surface area contributed by atoms with Gasteiger partial charge in [0.2, 0.25) is 0 Å². The first kappa shape index (κ1) is 18.7. The van der Waals surface area contributed by atoms with E-state index in [-0.39, 0.29) is 12.6 Å². The molecule has 0 atom stereocenters. The second-order valence-electron chi connectivity index (χ2n) is 7.21. The number of carbonyl (C=O) groups excluding carboxylic acids is 1. The minimum absolute atomic E-state index is 0.0429. The fraction of sp³-hybridized carbons (Fsp3) is 0.632. The van der Waals surface area contributed by atoms with E-state index in [4.69, 9.17) is 9.84 Å². The van der Waals surface area contributed by atoms with Crippen LogP contribution >= 0.6 is 0 Å². The van der Waals surface area contributed by atoms with Gasteiger partial charge in [0, 0.05) is 17.8 Å². The number of aliphatic hydroxyl groups excluding tert-OH is 1. The summed E-state index contributed by atoms with van der Waals surface area (Å²) in [6, 6.07) is 7.48. The van der Waals surface area contributed by atoms with Gasteiger partial charge in [-0.05, 0) is 50.8 Å². The third kappa shape index (κ3) is 6.49. The molecule has 1 aliphatic rings. The Kier molecular flexibility index (Phi) is 7.06. The van der Waals surface area contributed by atoms with E-state index in [0.717, 1.165) is 24.1 Å². The van der Waals surface area contributed by atoms with Gasteiger partial charge in [-0.25, -0.2) is 4.79 Å². The summed E-state index contributed by atoms with van der Waals surface area (Å²) in [6.07, 6.45) is 7.03. The van der Waals surface area contributed by atoms with Crippen molar-refractivity contribution in [3.63, 3.8) is 0 Å². The molecule has 1 aromatic rings. The van der Waals surface area contributed by atoms with Crippen molar-refractivity contribution < 1.29 is 14.6 Å². The first-order valence-electron chi connectivity index (χ1n) is 8.89. The highest BCUT2D eigenvalue weighted by Gasteiger charge is 2.19. The number of anilines is 1. The lowest BCUT2D eigenvalue weighted by molar-refractivity contribution is 0.0169. The van der Waals surface area contributed by atoms with Crippen LogP contribution in [0.15, 0.2) is 24.3 Å². The van der Waals surface area contributed by atoms with Crippen LogP contribution in [-0.2, 0) is 11.3 Å². The molecule has 0 saturated heterocycles. The molecule has 1 aliphatic carbocycles. The molecule has 0 aromatic heterocycles. The number of urea groups is 1. The second-order valence-corrected chi connectivity index (χ2v) is 7.21. The fourth-order valence-electron chi connectivity index (χ4n) is 3.00. The molecule has 1 saturated carbocycles. The van der Waals surface area contributed by atoms with Crippen molar-refractivity contribution in [2.24, 2.45) is 0 Å². The zero-order valence-corrected chi connectivity index (χ0v) is 14.8. The zero-order valence-electron chi connectivity index (χ0n) is 14.8. The lowest BCUT2D eigenvalue weighted by Gasteiger charge is -2.25. The Morgan fingerprint density at radius 2 is 2.04 bits per heavy atom. The van der Waals surface area contributed by atoms with Crippen molar-refractivity contribution in [2.75, 3.05) is 11.9 Å². The Bertz CT molecular complexity index is 525. The lowest BCUT2D eigenvalue weighted by atomic mass is 9.98. The van der Waals surface area contributed by atoms with Crippen LogP contribution in [0.1, 0.15) is 57.9 Å². The summed E-state index contributed by atoms with van der Waals surface area (Å²) in [5.41, 5.74) is 1.37. The van der Waals surface area contributed by atoms with Crippen LogP contribution in [0.25, 0.3) is 0 Å². The number of hydrogen-bond donors (Lipinski definition) is 3. The molecule has 2 amide bonds. The van der Waals surface area contributed by atoms with Crippen LogP contribution in [0.3, 0.4) is 0 Å². The van der Waals surface area contributed by atoms with E-state index >= 15 is 0 Å². The molecule has 2 rings (SSSR count). The minimum Gasteiger partial charge on any atom is -0.396 e. The summed E-state index contributed by atoms with van der Waals surface area (Å²) in [5.74, 6) is 0. The van der Waals surface area contributed by atoms with E-state index in [2.05, 4.69) is 10.6 Å². The highest BCUT2D eigenvalue weighted by Crippen LogP contribution is 2.22. The van der Waals surface area contributed by atoms with E-state index in [1.807, 2.05) is 38.1 Å². The fourth-order valence-corrected chi connectivity index (χ4v) is 3.00. The number of carbonyl (C=O) groups is 1. The Hall–Kier alpha value is -1.59. The van der Waals surface area contributed by atoms with Crippen LogP contribution in [0.4, 0.5) is 10.5 Å². The summed E-state index contributed by atoms with van der Waals surface area (Å²) in [5, 5.41) is 14.7. The molecule has 1 fully saturated rings. The van der Waals surface area contributed by atoms with Crippen LogP contribution in [0.5, 0.6) is 0 Å². The monoisotopic (exact) mass is 334 g/mol. The van der Waals surface area contributed by atoms with Gasteiger partial charge in [-0.2, -0.15) is 0 Å². The third-order valence-electron chi connectivity index (χ3n) is 4.41. The van der Waals surface area contributed by atoms with E-state index in [0.29, 0.717) is 19.1 Å².